The summed E-state index contributed by atoms with van der Waals surface area (Å²) in [7, 11) is 0. The van der Waals surface area contributed by atoms with Crippen molar-refractivity contribution in [3.63, 3.8) is 0 Å². The van der Waals surface area contributed by atoms with Gasteiger partial charge in [0.05, 0.1) is 6.54 Å². The first kappa shape index (κ1) is 16.4. The Kier molecular flexibility index (Phi) is 4.29. The Labute approximate surface area is 139 Å². The van der Waals surface area contributed by atoms with Crippen LogP contribution in [0.3, 0.4) is 0 Å². The second kappa shape index (κ2) is 6.56. The second-order valence-corrected chi connectivity index (χ2v) is 5.27. The van der Waals surface area contributed by atoms with Crippen molar-refractivity contribution in [1.82, 2.24) is 14.7 Å². The molecule has 0 spiro atoms. The van der Waals surface area contributed by atoms with Crippen molar-refractivity contribution in [3.8, 4) is 0 Å². The van der Waals surface area contributed by atoms with E-state index in [0.29, 0.717) is 5.76 Å². The molecule has 0 atom stereocenters. The molecule has 0 aliphatic rings. The van der Waals surface area contributed by atoms with Crippen molar-refractivity contribution in [1.29, 1.82) is 0 Å². The number of aromatic nitrogens is 3. The van der Waals surface area contributed by atoms with Crippen molar-refractivity contribution in [3.05, 3.63) is 80.1 Å². The summed E-state index contributed by atoms with van der Waals surface area (Å²) in [6.07, 6.45) is 1.00. The Morgan fingerprint density at radius 3 is 2.80 bits per heavy atom. The average Bonchev–Trinajstić information content (AvgIpc) is 2.98. The molecule has 2 aromatic heterocycles. The van der Waals surface area contributed by atoms with Crippen LogP contribution in [0.15, 0.2) is 50.6 Å². The minimum atomic E-state index is -0.843. The molecule has 0 aliphatic carbocycles. The number of H-pyrrole nitrogens is 1. The van der Waals surface area contributed by atoms with Crippen LogP contribution < -0.4 is 16.6 Å². The molecule has 0 aliphatic heterocycles. The maximum absolute atomic E-state index is 13.8. The molecule has 0 radical (unpaired) electrons. The number of carbonyl (C=O) groups is 1. The summed E-state index contributed by atoms with van der Waals surface area (Å²) in [6, 6.07) is 7.22. The minimum Gasteiger partial charge on any atom is -0.360 e. The Morgan fingerprint density at radius 2 is 2.12 bits per heavy atom. The molecule has 2 N–H and O–H groups in total. The first-order valence-electron chi connectivity index (χ1n) is 7.26. The summed E-state index contributed by atoms with van der Waals surface area (Å²) in [4.78, 5) is 38.9. The van der Waals surface area contributed by atoms with E-state index in [9.17, 15) is 18.8 Å². The van der Waals surface area contributed by atoms with Gasteiger partial charge in [0.1, 0.15) is 17.1 Å². The number of carbonyl (C=O) groups excluding carboxylic acids is 1. The van der Waals surface area contributed by atoms with Crippen molar-refractivity contribution in [2.45, 2.75) is 13.5 Å². The number of hydrogen-bond donors (Lipinski definition) is 2. The smallest absolute Gasteiger partial charge is 0.328 e. The third-order valence-corrected chi connectivity index (χ3v) is 3.46. The number of hydrogen-bond acceptors (Lipinski definition) is 5. The molecule has 0 saturated heterocycles. The Bertz CT molecular complexity index is 1050. The number of nitrogens with zero attached hydrogens (tertiary/aromatic N) is 2. The highest BCUT2D eigenvalue weighted by Crippen LogP contribution is 2.09. The number of benzene rings is 1. The van der Waals surface area contributed by atoms with Crippen LogP contribution in [0.5, 0.6) is 0 Å². The standard InChI is InChI=1S/C16H13FN4O4/c1-9-6-13(20-25-9)19-14(22)11-7-18-16(24)21(15(11)23)8-10-4-2-3-5-12(10)17/h2-7H,8H2,1H3,(H,18,24)(H,19,20,22). The maximum Gasteiger partial charge on any atom is 0.328 e. The fraction of sp³-hybridized carbons (Fsp3) is 0.125. The van der Waals surface area contributed by atoms with Gasteiger partial charge in [-0.2, -0.15) is 0 Å². The lowest BCUT2D eigenvalue weighted by Gasteiger charge is -2.07. The van der Waals surface area contributed by atoms with Crippen LogP contribution in [0.4, 0.5) is 10.2 Å². The van der Waals surface area contributed by atoms with Crippen molar-refractivity contribution in [2.75, 3.05) is 5.32 Å². The number of aromatic amines is 1. The average molecular weight is 344 g/mol. The lowest BCUT2D eigenvalue weighted by molar-refractivity contribution is 0.102. The van der Waals surface area contributed by atoms with E-state index in [1.54, 1.807) is 13.0 Å². The molecule has 8 nitrogen and oxygen atoms in total. The van der Waals surface area contributed by atoms with Gasteiger partial charge in [-0.15, -0.1) is 0 Å². The fourth-order valence-corrected chi connectivity index (χ4v) is 2.22. The Balaban J connectivity index is 1.94. The molecule has 25 heavy (non-hydrogen) atoms. The molecule has 0 fully saturated rings. The van der Waals surface area contributed by atoms with Gasteiger partial charge in [-0.3, -0.25) is 14.2 Å². The van der Waals surface area contributed by atoms with Crippen LogP contribution in [0.2, 0.25) is 0 Å². The number of anilines is 1. The van der Waals surface area contributed by atoms with E-state index in [0.717, 1.165) is 10.8 Å². The number of halogens is 1. The summed E-state index contributed by atoms with van der Waals surface area (Å²) >= 11 is 0. The molecule has 2 heterocycles. The molecule has 0 unspecified atom stereocenters. The molecule has 128 valence electrons. The van der Waals surface area contributed by atoms with Crippen LogP contribution in [0.25, 0.3) is 0 Å². The Morgan fingerprint density at radius 1 is 1.36 bits per heavy atom. The summed E-state index contributed by atoms with van der Waals surface area (Å²) in [6.45, 7) is 1.34. The predicted octanol–water partition coefficient (Wildman–Crippen LogP) is 1.27. The molecule has 0 saturated carbocycles. The van der Waals surface area contributed by atoms with Crippen molar-refractivity contribution >= 4 is 11.7 Å². The zero-order valence-electron chi connectivity index (χ0n) is 13.1. The van der Waals surface area contributed by atoms with Gasteiger partial charge in [-0.05, 0) is 13.0 Å². The van der Waals surface area contributed by atoms with E-state index in [2.05, 4.69) is 15.5 Å². The van der Waals surface area contributed by atoms with Gasteiger partial charge in [-0.25, -0.2) is 9.18 Å². The van der Waals surface area contributed by atoms with Crippen LogP contribution in [-0.2, 0) is 6.54 Å². The van der Waals surface area contributed by atoms with Gasteiger partial charge in [0.2, 0.25) is 0 Å². The second-order valence-electron chi connectivity index (χ2n) is 5.27. The third-order valence-electron chi connectivity index (χ3n) is 3.46. The molecule has 1 aromatic carbocycles. The van der Waals surface area contributed by atoms with E-state index in [-0.39, 0.29) is 23.5 Å². The lowest BCUT2D eigenvalue weighted by Crippen LogP contribution is -2.39. The van der Waals surface area contributed by atoms with E-state index < -0.39 is 23.0 Å². The van der Waals surface area contributed by atoms with Crippen molar-refractivity contribution in [2.24, 2.45) is 0 Å². The number of nitrogens with one attached hydrogen (secondary N) is 2. The summed E-state index contributed by atoms with van der Waals surface area (Å²) < 4.78 is 19.3. The minimum absolute atomic E-state index is 0.133. The molecular formula is C16H13FN4O4. The normalized spacial score (nSPS) is 10.6. The number of amides is 1. The van der Waals surface area contributed by atoms with Crippen LogP contribution >= 0.6 is 0 Å². The molecule has 0 bridgehead atoms. The SMILES string of the molecule is Cc1cc(NC(=O)c2c[nH]c(=O)n(Cc3ccccc3F)c2=O)no1. The Hall–Kier alpha value is -3.49. The topological polar surface area (TPSA) is 110 Å². The van der Waals surface area contributed by atoms with E-state index in [1.165, 1.54) is 24.3 Å². The monoisotopic (exact) mass is 344 g/mol. The van der Waals surface area contributed by atoms with E-state index in [1.807, 2.05) is 0 Å². The highest BCUT2D eigenvalue weighted by atomic mass is 19.1. The van der Waals surface area contributed by atoms with E-state index in [4.69, 9.17) is 4.52 Å². The molecule has 3 aromatic rings. The van der Waals surface area contributed by atoms with Gasteiger partial charge in [-0.1, -0.05) is 23.4 Å². The number of aryl methyl sites for hydroxylation is 1. The first-order valence-corrected chi connectivity index (χ1v) is 7.26. The predicted molar refractivity (Wildman–Crippen MR) is 86.0 cm³/mol. The van der Waals surface area contributed by atoms with Crippen LogP contribution in [-0.4, -0.2) is 20.6 Å². The van der Waals surface area contributed by atoms with Crippen molar-refractivity contribution < 1.29 is 13.7 Å². The molecule has 1 amide bonds. The number of rotatable bonds is 4. The largest absolute Gasteiger partial charge is 0.360 e. The van der Waals surface area contributed by atoms with Gasteiger partial charge < -0.3 is 14.8 Å². The molecule has 9 heteroatoms. The molecule has 3 rings (SSSR count). The summed E-state index contributed by atoms with van der Waals surface area (Å²) in [5, 5.41) is 5.98. The van der Waals surface area contributed by atoms with Crippen LogP contribution in [0.1, 0.15) is 21.7 Å². The quantitative estimate of drug-likeness (QED) is 0.741. The first-order chi connectivity index (χ1) is 12.0. The highest BCUT2D eigenvalue weighted by molar-refractivity contribution is 6.03. The third kappa shape index (κ3) is 3.39. The van der Waals surface area contributed by atoms with Gasteiger partial charge in [0.25, 0.3) is 11.5 Å². The van der Waals surface area contributed by atoms with Gasteiger partial charge in [0, 0.05) is 17.8 Å². The highest BCUT2D eigenvalue weighted by Gasteiger charge is 2.17. The summed E-state index contributed by atoms with van der Waals surface area (Å²) in [5.41, 5.74) is -1.75. The van der Waals surface area contributed by atoms with Crippen LogP contribution in [0, 0.1) is 12.7 Å². The zero-order chi connectivity index (χ0) is 18.0. The van der Waals surface area contributed by atoms with E-state index >= 15 is 0 Å². The molecular weight excluding hydrogens is 331 g/mol. The zero-order valence-corrected chi connectivity index (χ0v) is 13.1. The fourth-order valence-electron chi connectivity index (χ4n) is 2.22. The maximum atomic E-state index is 13.8. The summed E-state index contributed by atoms with van der Waals surface area (Å²) in [5.74, 6) is -0.707. The lowest BCUT2D eigenvalue weighted by atomic mass is 10.2. The van der Waals surface area contributed by atoms with Gasteiger partial charge >= 0.3 is 5.69 Å². The van der Waals surface area contributed by atoms with Gasteiger partial charge in [0.15, 0.2) is 5.82 Å².